The molecule has 0 atom stereocenters. The largest absolute Gasteiger partial charge is 0.454 e. The van der Waals surface area contributed by atoms with Crippen LogP contribution < -0.4 is 5.56 Å². The van der Waals surface area contributed by atoms with Crippen molar-refractivity contribution in [2.75, 3.05) is 0 Å². The maximum Gasteiger partial charge on any atom is 0.338 e. The number of ether oxygens (including phenoxy) is 1. The monoisotopic (exact) mass is 336 g/mol. The van der Waals surface area contributed by atoms with Gasteiger partial charge in [0, 0.05) is 0 Å². The fraction of sp³-hybridized carbons (Fsp3) is 0.250. The molecule has 1 aromatic heterocycles. The number of aromatic amines is 1. The highest BCUT2D eigenvalue weighted by molar-refractivity contribution is 5.89. The van der Waals surface area contributed by atoms with E-state index in [4.69, 9.17) is 4.74 Å². The van der Waals surface area contributed by atoms with Gasteiger partial charge >= 0.3 is 5.97 Å². The van der Waals surface area contributed by atoms with Gasteiger partial charge in [0.2, 0.25) is 0 Å². The highest BCUT2D eigenvalue weighted by Gasteiger charge is 2.15. The van der Waals surface area contributed by atoms with Gasteiger partial charge < -0.3 is 9.72 Å². The molecule has 1 N–H and O–H groups in total. The summed E-state index contributed by atoms with van der Waals surface area (Å²) < 4.78 is 5.27. The molecule has 5 heteroatoms. The van der Waals surface area contributed by atoms with E-state index >= 15 is 0 Å². The Bertz CT molecular complexity index is 967. The maximum absolute atomic E-state index is 12.2. The molecule has 1 heterocycles. The van der Waals surface area contributed by atoms with Gasteiger partial charge in [-0.3, -0.25) is 4.79 Å². The SMILES string of the molecule is CC(C)(C)c1ccc(C(=O)OCc2nc3ccccc3c(=O)[nH]2)cc1. The summed E-state index contributed by atoms with van der Waals surface area (Å²) in [6, 6.07) is 14.4. The standard InChI is InChI=1S/C20H20N2O3/c1-20(2,3)14-10-8-13(9-11-14)19(24)25-12-17-21-16-7-5-4-6-15(16)18(23)22-17/h4-11H,12H2,1-3H3,(H,21,22,23). The van der Waals surface area contributed by atoms with Gasteiger partial charge in [-0.25, -0.2) is 9.78 Å². The van der Waals surface area contributed by atoms with Gasteiger partial charge in [-0.15, -0.1) is 0 Å². The minimum absolute atomic E-state index is 0.0247. The number of fused-ring (bicyclic) bond motifs is 1. The van der Waals surface area contributed by atoms with Crippen LogP contribution in [0, 0.1) is 0 Å². The molecule has 0 amide bonds. The van der Waals surface area contributed by atoms with Crippen molar-refractivity contribution < 1.29 is 9.53 Å². The zero-order valence-corrected chi connectivity index (χ0v) is 14.5. The minimum Gasteiger partial charge on any atom is -0.454 e. The van der Waals surface area contributed by atoms with Crippen LogP contribution in [0.3, 0.4) is 0 Å². The first kappa shape index (κ1) is 16.9. The molecule has 2 aromatic carbocycles. The Kier molecular flexibility index (Phi) is 4.40. The number of nitrogens with one attached hydrogen (secondary N) is 1. The topological polar surface area (TPSA) is 72.0 Å². The average Bonchev–Trinajstić information content (AvgIpc) is 2.59. The van der Waals surface area contributed by atoms with Gasteiger partial charge in [-0.05, 0) is 35.2 Å². The smallest absolute Gasteiger partial charge is 0.338 e. The molecule has 0 aliphatic rings. The molecule has 0 saturated carbocycles. The molecule has 0 radical (unpaired) electrons. The van der Waals surface area contributed by atoms with Crippen molar-refractivity contribution in [2.45, 2.75) is 32.8 Å². The summed E-state index contributed by atoms with van der Waals surface area (Å²) in [6.07, 6.45) is 0. The summed E-state index contributed by atoms with van der Waals surface area (Å²) in [5, 5.41) is 0.510. The average molecular weight is 336 g/mol. The van der Waals surface area contributed by atoms with E-state index < -0.39 is 5.97 Å². The Morgan fingerprint density at radius 2 is 1.76 bits per heavy atom. The van der Waals surface area contributed by atoms with Crippen LogP contribution in [0.2, 0.25) is 0 Å². The summed E-state index contributed by atoms with van der Waals surface area (Å²) in [5.74, 6) is -0.125. The molecule has 0 fully saturated rings. The molecule has 128 valence electrons. The normalized spacial score (nSPS) is 11.5. The number of H-pyrrole nitrogens is 1. The summed E-state index contributed by atoms with van der Waals surface area (Å²) in [5.41, 5.74) is 1.97. The van der Waals surface area contributed by atoms with E-state index in [1.165, 1.54) is 0 Å². The lowest BCUT2D eigenvalue weighted by Crippen LogP contribution is -2.15. The van der Waals surface area contributed by atoms with E-state index in [-0.39, 0.29) is 17.6 Å². The number of nitrogens with zero attached hydrogens (tertiary/aromatic N) is 1. The Labute approximate surface area is 145 Å². The van der Waals surface area contributed by atoms with E-state index in [0.29, 0.717) is 22.3 Å². The van der Waals surface area contributed by atoms with Gasteiger partial charge in [-0.2, -0.15) is 0 Å². The second-order valence-electron chi connectivity index (χ2n) is 6.93. The zero-order chi connectivity index (χ0) is 18.0. The fourth-order valence-electron chi connectivity index (χ4n) is 2.53. The first-order chi connectivity index (χ1) is 11.8. The molecular weight excluding hydrogens is 316 g/mol. The van der Waals surface area contributed by atoms with Crippen molar-refractivity contribution in [2.24, 2.45) is 0 Å². The maximum atomic E-state index is 12.2. The van der Waals surface area contributed by atoms with Gasteiger partial charge in [0.1, 0.15) is 12.4 Å². The van der Waals surface area contributed by atoms with Crippen molar-refractivity contribution in [3.05, 3.63) is 75.8 Å². The lowest BCUT2D eigenvalue weighted by molar-refractivity contribution is 0.0462. The Hall–Kier alpha value is -2.95. The van der Waals surface area contributed by atoms with E-state index in [0.717, 1.165) is 5.56 Å². The van der Waals surface area contributed by atoms with Crippen molar-refractivity contribution in [1.82, 2.24) is 9.97 Å². The van der Waals surface area contributed by atoms with Gasteiger partial charge in [0.05, 0.1) is 16.5 Å². The third kappa shape index (κ3) is 3.76. The molecule has 0 bridgehead atoms. The first-order valence-corrected chi connectivity index (χ1v) is 8.10. The number of esters is 1. The molecule has 0 saturated heterocycles. The summed E-state index contributed by atoms with van der Waals surface area (Å²) in [7, 11) is 0. The predicted molar refractivity (Wildman–Crippen MR) is 96.6 cm³/mol. The van der Waals surface area contributed by atoms with Gasteiger partial charge in [-0.1, -0.05) is 45.0 Å². The number of hydrogen-bond donors (Lipinski definition) is 1. The highest BCUT2D eigenvalue weighted by atomic mass is 16.5. The van der Waals surface area contributed by atoms with E-state index in [1.807, 2.05) is 12.1 Å². The van der Waals surface area contributed by atoms with Crippen LogP contribution >= 0.6 is 0 Å². The number of benzene rings is 2. The number of para-hydroxylation sites is 1. The molecule has 0 aliphatic heterocycles. The van der Waals surface area contributed by atoms with E-state index in [9.17, 15) is 9.59 Å². The second kappa shape index (κ2) is 6.51. The highest BCUT2D eigenvalue weighted by Crippen LogP contribution is 2.22. The Balaban J connectivity index is 1.73. The summed E-state index contributed by atoms with van der Waals surface area (Å²) >= 11 is 0. The molecule has 0 aliphatic carbocycles. The second-order valence-corrected chi connectivity index (χ2v) is 6.93. The number of carbonyl (C=O) groups excluding carboxylic acids is 1. The van der Waals surface area contributed by atoms with Crippen molar-refractivity contribution in [1.29, 1.82) is 0 Å². The molecule has 5 nitrogen and oxygen atoms in total. The Morgan fingerprint density at radius 3 is 2.44 bits per heavy atom. The van der Waals surface area contributed by atoms with Gasteiger partial charge in [0.25, 0.3) is 5.56 Å². The molecular formula is C20H20N2O3. The van der Waals surface area contributed by atoms with Crippen LogP contribution in [-0.4, -0.2) is 15.9 Å². The van der Waals surface area contributed by atoms with Crippen LogP contribution in [0.15, 0.2) is 53.3 Å². The van der Waals surface area contributed by atoms with E-state index in [2.05, 4.69) is 30.7 Å². The predicted octanol–water partition coefficient (Wildman–Crippen LogP) is 3.58. The number of carbonyl (C=O) groups is 1. The van der Waals surface area contributed by atoms with Gasteiger partial charge in [0.15, 0.2) is 0 Å². The number of rotatable bonds is 3. The van der Waals surface area contributed by atoms with Crippen molar-refractivity contribution in [3.63, 3.8) is 0 Å². The van der Waals surface area contributed by atoms with Crippen molar-refractivity contribution in [3.8, 4) is 0 Å². The molecule has 0 spiro atoms. The minimum atomic E-state index is -0.448. The third-order valence-electron chi connectivity index (χ3n) is 3.99. The van der Waals surface area contributed by atoms with Crippen LogP contribution in [0.25, 0.3) is 10.9 Å². The Morgan fingerprint density at radius 1 is 1.08 bits per heavy atom. The van der Waals surface area contributed by atoms with Crippen LogP contribution in [0.5, 0.6) is 0 Å². The van der Waals surface area contributed by atoms with E-state index in [1.54, 1.807) is 36.4 Å². The number of hydrogen-bond acceptors (Lipinski definition) is 4. The summed E-state index contributed by atoms with van der Waals surface area (Å²) in [4.78, 5) is 31.2. The molecule has 0 unspecified atom stereocenters. The van der Waals surface area contributed by atoms with Crippen LogP contribution in [-0.2, 0) is 16.8 Å². The molecule has 3 rings (SSSR count). The van der Waals surface area contributed by atoms with Crippen LogP contribution in [0.1, 0.15) is 42.5 Å². The number of aromatic nitrogens is 2. The molecule has 25 heavy (non-hydrogen) atoms. The zero-order valence-electron chi connectivity index (χ0n) is 14.5. The first-order valence-electron chi connectivity index (χ1n) is 8.10. The third-order valence-corrected chi connectivity index (χ3v) is 3.99. The van der Waals surface area contributed by atoms with Crippen LogP contribution in [0.4, 0.5) is 0 Å². The summed E-state index contributed by atoms with van der Waals surface area (Å²) in [6.45, 7) is 6.26. The lowest BCUT2D eigenvalue weighted by Gasteiger charge is -2.18. The lowest BCUT2D eigenvalue weighted by atomic mass is 9.87. The molecule has 3 aromatic rings. The van der Waals surface area contributed by atoms with Crippen molar-refractivity contribution >= 4 is 16.9 Å². The quantitative estimate of drug-likeness (QED) is 0.742. The fourth-order valence-corrected chi connectivity index (χ4v) is 2.53.